The monoisotopic (exact) mass is 310 g/mol. The predicted octanol–water partition coefficient (Wildman–Crippen LogP) is 5.38. The highest BCUT2D eigenvalue weighted by molar-refractivity contribution is 5.79. The Hall–Kier alpha value is -1.12. The molecule has 0 rings (SSSR count). The number of hydrogen-bond acceptors (Lipinski definition) is 3. The molecule has 0 aliphatic carbocycles. The van der Waals surface area contributed by atoms with Crippen LogP contribution in [0, 0.1) is 0 Å². The normalized spacial score (nSPS) is 11.0. The van der Waals surface area contributed by atoms with Gasteiger partial charge in [-0.3, -0.25) is 9.59 Å². The molecule has 0 saturated carbocycles. The lowest BCUT2D eigenvalue weighted by Crippen LogP contribution is -1.99. The maximum absolute atomic E-state index is 11.7. The molecule has 0 aromatic carbocycles. The van der Waals surface area contributed by atoms with E-state index in [-0.39, 0.29) is 5.97 Å². The van der Waals surface area contributed by atoms with Crippen molar-refractivity contribution in [1.29, 1.82) is 0 Å². The number of methoxy groups -OCH3 is 1. The van der Waals surface area contributed by atoms with E-state index in [0.29, 0.717) is 25.0 Å². The number of ether oxygens (including phenoxy) is 1. The Bertz CT molecular complexity index is 308. The largest absolute Gasteiger partial charge is 0.469 e. The van der Waals surface area contributed by atoms with Crippen molar-refractivity contribution < 1.29 is 14.3 Å². The Kier molecular flexibility index (Phi) is 15.4. The molecule has 0 atom stereocenters. The molecular weight excluding hydrogens is 276 g/mol. The third-order valence-electron chi connectivity index (χ3n) is 3.80. The number of rotatable bonds is 15. The fourth-order valence-electron chi connectivity index (χ4n) is 2.35. The van der Waals surface area contributed by atoms with Crippen LogP contribution in [0.3, 0.4) is 0 Å². The lowest BCUT2D eigenvalue weighted by Gasteiger charge is -2.01. The Labute approximate surface area is 136 Å². The summed E-state index contributed by atoms with van der Waals surface area (Å²) < 4.78 is 4.59. The van der Waals surface area contributed by atoms with Gasteiger partial charge in [-0.05, 0) is 25.7 Å². The molecule has 0 aliphatic rings. The minimum Gasteiger partial charge on any atom is -0.469 e. The van der Waals surface area contributed by atoms with Gasteiger partial charge in [-0.1, -0.05) is 57.6 Å². The summed E-state index contributed by atoms with van der Waals surface area (Å²) >= 11 is 0. The number of unbranched alkanes of at least 4 members (excludes halogenated alkanes) is 8. The van der Waals surface area contributed by atoms with Gasteiger partial charge in [0.25, 0.3) is 0 Å². The van der Waals surface area contributed by atoms with E-state index in [1.165, 1.54) is 32.8 Å². The molecule has 0 spiro atoms. The first-order chi connectivity index (χ1) is 10.7. The quantitative estimate of drug-likeness (QED) is 0.232. The number of carbonyl (C=O) groups is 2. The summed E-state index contributed by atoms with van der Waals surface area (Å²) in [5.74, 6) is 0.219. The summed E-state index contributed by atoms with van der Waals surface area (Å²) in [5, 5.41) is 0. The Morgan fingerprint density at radius 3 is 2.14 bits per heavy atom. The van der Waals surface area contributed by atoms with Crippen LogP contribution in [0.5, 0.6) is 0 Å². The smallest absolute Gasteiger partial charge is 0.305 e. The molecule has 3 heteroatoms. The number of esters is 1. The molecule has 0 amide bonds. The molecular formula is C19H34O3. The average molecular weight is 310 g/mol. The Balaban J connectivity index is 3.32. The van der Waals surface area contributed by atoms with Crippen LogP contribution in [-0.4, -0.2) is 18.9 Å². The summed E-state index contributed by atoms with van der Waals surface area (Å²) in [4.78, 5) is 22.6. The predicted molar refractivity (Wildman–Crippen MR) is 91.9 cm³/mol. The lowest BCUT2D eigenvalue weighted by atomic mass is 10.1. The van der Waals surface area contributed by atoms with Gasteiger partial charge in [-0.2, -0.15) is 0 Å². The minimum atomic E-state index is -0.128. The van der Waals surface area contributed by atoms with Crippen LogP contribution in [0.2, 0.25) is 0 Å². The minimum absolute atomic E-state index is 0.128. The van der Waals surface area contributed by atoms with Crippen molar-refractivity contribution in [1.82, 2.24) is 0 Å². The molecule has 3 nitrogen and oxygen atoms in total. The highest BCUT2D eigenvalue weighted by Gasteiger charge is 2.01. The van der Waals surface area contributed by atoms with Gasteiger partial charge in [-0.25, -0.2) is 0 Å². The summed E-state index contributed by atoms with van der Waals surface area (Å²) in [6.07, 6.45) is 17.3. The number of carbonyl (C=O) groups excluding carboxylic acids is 2. The van der Waals surface area contributed by atoms with E-state index >= 15 is 0 Å². The molecule has 0 aliphatic heterocycles. The van der Waals surface area contributed by atoms with E-state index in [1.807, 2.05) is 6.08 Å². The fraction of sp³-hybridized carbons (Fsp3) is 0.789. The zero-order chi connectivity index (χ0) is 16.5. The lowest BCUT2D eigenvalue weighted by molar-refractivity contribution is -0.140. The van der Waals surface area contributed by atoms with E-state index in [2.05, 4.69) is 17.7 Å². The highest BCUT2D eigenvalue weighted by Crippen LogP contribution is 2.09. The topological polar surface area (TPSA) is 43.4 Å². The van der Waals surface area contributed by atoms with Gasteiger partial charge in [0.2, 0.25) is 0 Å². The molecule has 0 unspecified atom stereocenters. The van der Waals surface area contributed by atoms with E-state index in [9.17, 15) is 9.59 Å². The van der Waals surface area contributed by atoms with Gasteiger partial charge in [0, 0.05) is 19.3 Å². The highest BCUT2D eigenvalue weighted by atomic mass is 16.5. The maximum Gasteiger partial charge on any atom is 0.305 e. The number of Topliss-reactive ketones (excluding diaryl/α,β-unsaturated/α-hetero) is 1. The van der Waals surface area contributed by atoms with Crippen LogP contribution in [0.25, 0.3) is 0 Å². The van der Waals surface area contributed by atoms with Crippen molar-refractivity contribution in [2.45, 2.75) is 90.4 Å². The van der Waals surface area contributed by atoms with Gasteiger partial charge < -0.3 is 4.74 Å². The Morgan fingerprint density at radius 2 is 1.45 bits per heavy atom. The standard InChI is InChI=1S/C19H34O3/c1-3-4-5-6-7-9-12-15-18(20)16-13-10-8-11-14-17-19(21)22-2/h9,12H,3-8,10-11,13-17H2,1-2H3. The second-order valence-corrected chi connectivity index (χ2v) is 5.91. The van der Waals surface area contributed by atoms with Crippen LogP contribution < -0.4 is 0 Å². The Morgan fingerprint density at radius 1 is 0.818 bits per heavy atom. The van der Waals surface area contributed by atoms with Crippen LogP contribution >= 0.6 is 0 Å². The van der Waals surface area contributed by atoms with Gasteiger partial charge in [0.15, 0.2) is 0 Å². The first-order valence-corrected chi connectivity index (χ1v) is 8.94. The van der Waals surface area contributed by atoms with Crippen LogP contribution in [-0.2, 0) is 14.3 Å². The first kappa shape index (κ1) is 20.9. The molecule has 0 radical (unpaired) electrons. The van der Waals surface area contributed by atoms with Gasteiger partial charge >= 0.3 is 5.97 Å². The van der Waals surface area contributed by atoms with E-state index in [1.54, 1.807) is 0 Å². The van der Waals surface area contributed by atoms with Crippen LogP contribution in [0.4, 0.5) is 0 Å². The maximum atomic E-state index is 11.7. The average Bonchev–Trinajstić information content (AvgIpc) is 2.52. The van der Waals surface area contributed by atoms with Crippen molar-refractivity contribution in [3.8, 4) is 0 Å². The van der Waals surface area contributed by atoms with Crippen molar-refractivity contribution in [2.75, 3.05) is 7.11 Å². The summed E-state index contributed by atoms with van der Waals surface area (Å²) in [6.45, 7) is 2.22. The molecule has 0 heterocycles. The molecule has 0 saturated heterocycles. The number of ketones is 1. The van der Waals surface area contributed by atoms with Crippen molar-refractivity contribution in [3.05, 3.63) is 12.2 Å². The SMILES string of the molecule is CCCCCCC=CCC(=O)CCCCCCCC(=O)OC. The molecule has 128 valence electrons. The van der Waals surface area contributed by atoms with Gasteiger partial charge in [0.1, 0.15) is 5.78 Å². The van der Waals surface area contributed by atoms with Crippen molar-refractivity contribution in [2.24, 2.45) is 0 Å². The second kappa shape index (κ2) is 16.3. The van der Waals surface area contributed by atoms with Crippen LogP contribution in [0.15, 0.2) is 12.2 Å². The van der Waals surface area contributed by atoms with Gasteiger partial charge in [-0.15, -0.1) is 0 Å². The van der Waals surface area contributed by atoms with Crippen molar-refractivity contribution in [3.63, 3.8) is 0 Å². The van der Waals surface area contributed by atoms with E-state index in [4.69, 9.17) is 0 Å². The van der Waals surface area contributed by atoms with Crippen molar-refractivity contribution >= 4 is 11.8 Å². The van der Waals surface area contributed by atoms with Crippen LogP contribution in [0.1, 0.15) is 90.4 Å². The van der Waals surface area contributed by atoms with E-state index < -0.39 is 0 Å². The summed E-state index contributed by atoms with van der Waals surface area (Å²) in [7, 11) is 1.42. The molecule has 0 bridgehead atoms. The fourth-order valence-corrected chi connectivity index (χ4v) is 2.35. The molecule has 0 N–H and O–H groups in total. The third-order valence-corrected chi connectivity index (χ3v) is 3.80. The first-order valence-electron chi connectivity index (χ1n) is 8.94. The second-order valence-electron chi connectivity index (χ2n) is 5.91. The third kappa shape index (κ3) is 15.3. The molecule has 22 heavy (non-hydrogen) atoms. The van der Waals surface area contributed by atoms with Gasteiger partial charge in [0.05, 0.1) is 7.11 Å². The summed E-state index contributed by atoms with van der Waals surface area (Å²) in [5.41, 5.74) is 0. The zero-order valence-corrected chi connectivity index (χ0v) is 14.6. The molecule has 0 aromatic rings. The zero-order valence-electron chi connectivity index (χ0n) is 14.6. The molecule has 0 fully saturated rings. The van der Waals surface area contributed by atoms with E-state index in [0.717, 1.165) is 38.5 Å². The summed E-state index contributed by atoms with van der Waals surface area (Å²) in [6, 6.07) is 0. The number of hydrogen-bond donors (Lipinski definition) is 0. The molecule has 0 aromatic heterocycles. The number of allylic oxidation sites excluding steroid dienone is 2.